The van der Waals surface area contributed by atoms with Crippen molar-refractivity contribution in [2.45, 2.75) is 104 Å². The molecule has 0 aliphatic rings. The molecule has 0 aromatic carbocycles. The van der Waals surface area contributed by atoms with Crippen LogP contribution < -0.4 is 5.84 Å². The Labute approximate surface area is 128 Å². The number of hydrogen-bond acceptors (Lipinski definition) is 2. The summed E-state index contributed by atoms with van der Waals surface area (Å²) >= 11 is 0. The first-order valence-corrected chi connectivity index (χ1v) is 9.30. The fourth-order valence-corrected chi connectivity index (χ4v) is 2.66. The van der Waals surface area contributed by atoms with Gasteiger partial charge >= 0.3 is 0 Å². The van der Waals surface area contributed by atoms with E-state index in [0.717, 1.165) is 13.1 Å². The summed E-state index contributed by atoms with van der Waals surface area (Å²) in [6.07, 6.45) is 19.2. The van der Waals surface area contributed by atoms with Crippen molar-refractivity contribution in [1.82, 2.24) is 5.01 Å². The summed E-state index contributed by atoms with van der Waals surface area (Å²) in [5.41, 5.74) is 0. The van der Waals surface area contributed by atoms with E-state index in [-0.39, 0.29) is 0 Å². The van der Waals surface area contributed by atoms with E-state index in [9.17, 15) is 0 Å². The molecule has 2 nitrogen and oxygen atoms in total. The van der Waals surface area contributed by atoms with Crippen molar-refractivity contribution < 1.29 is 0 Å². The van der Waals surface area contributed by atoms with Gasteiger partial charge in [-0.25, -0.2) is 5.01 Å². The van der Waals surface area contributed by atoms with Crippen LogP contribution in [0.2, 0.25) is 0 Å². The molecule has 2 N–H and O–H groups in total. The Morgan fingerprint density at radius 2 is 0.800 bits per heavy atom. The number of rotatable bonds is 16. The van der Waals surface area contributed by atoms with Crippen LogP contribution in [0.1, 0.15) is 104 Å². The van der Waals surface area contributed by atoms with Gasteiger partial charge in [0.25, 0.3) is 0 Å². The number of nitrogens with zero attached hydrogens (tertiary/aromatic N) is 1. The molecule has 0 amide bonds. The molecule has 0 aliphatic heterocycles. The minimum atomic E-state index is 1.08. The molecular formula is C18H40N2. The largest absolute Gasteiger partial charge is 0.269 e. The second-order valence-electron chi connectivity index (χ2n) is 6.28. The van der Waals surface area contributed by atoms with Gasteiger partial charge in [0.2, 0.25) is 0 Å². The van der Waals surface area contributed by atoms with Crippen molar-refractivity contribution in [3.05, 3.63) is 0 Å². The molecule has 0 heterocycles. The fourth-order valence-electron chi connectivity index (χ4n) is 2.66. The predicted molar refractivity (Wildman–Crippen MR) is 91.7 cm³/mol. The molecule has 0 spiro atoms. The SMILES string of the molecule is CCCCCCCCCCCN(N)CCCCCCC. The van der Waals surface area contributed by atoms with Gasteiger partial charge in [-0.05, 0) is 12.8 Å². The molecule has 0 aliphatic carbocycles. The van der Waals surface area contributed by atoms with Crippen molar-refractivity contribution in [3.63, 3.8) is 0 Å². The van der Waals surface area contributed by atoms with Crippen LogP contribution in [-0.4, -0.2) is 18.1 Å². The molecule has 0 bridgehead atoms. The maximum atomic E-state index is 6.02. The van der Waals surface area contributed by atoms with E-state index >= 15 is 0 Å². The molecule has 0 atom stereocenters. The summed E-state index contributed by atoms with van der Waals surface area (Å²) in [5, 5.41) is 2.03. The predicted octanol–water partition coefficient (Wildman–Crippen LogP) is 5.66. The molecule has 122 valence electrons. The smallest absolute Gasteiger partial charge is 0.0128 e. The Bertz CT molecular complexity index is 171. The van der Waals surface area contributed by atoms with Crippen LogP contribution >= 0.6 is 0 Å². The lowest BCUT2D eigenvalue weighted by Crippen LogP contribution is -2.32. The number of hydrogen-bond donors (Lipinski definition) is 1. The van der Waals surface area contributed by atoms with Crippen LogP contribution in [0.3, 0.4) is 0 Å². The zero-order chi connectivity index (χ0) is 14.9. The Morgan fingerprint density at radius 1 is 0.500 bits per heavy atom. The van der Waals surface area contributed by atoms with E-state index in [1.165, 1.54) is 89.9 Å². The minimum Gasteiger partial charge on any atom is -0.269 e. The second kappa shape index (κ2) is 17.0. The molecule has 0 fully saturated rings. The Balaban J connectivity index is 3.09. The van der Waals surface area contributed by atoms with Crippen LogP contribution in [0.25, 0.3) is 0 Å². The van der Waals surface area contributed by atoms with Gasteiger partial charge in [0, 0.05) is 13.1 Å². The average molecular weight is 285 g/mol. The Morgan fingerprint density at radius 3 is 1.15 bits per heavy atom. The van der Waals surface area contributed by atoms with E-state index in [0.29, 0.717) is 0 Å². The van der Waals surface area contributed by atoms with Gasteiger partial charge in [0.1, 0.15) is 0 Å². The monoisotopic (exact) mass is 284 g/mol. The third-order valence-corrected chi connectivity index (χ3v) is 4.10. The van der Waals surface area contributed by atoms with Gasteiger partial charge in [-0.2, -0.15) is 0 Å². The lowest BCUT2D eigenvalue weighted by molar-refractivity contribution is 0.268. The Kier molecular flexibility index (Phi) is 16.9. The molecule has 0 radical (unpaired) electrons. The molecule has 0 aromatic rings. The first-order valence-electron chi connectivity index (χ1n) is 9.30. The highest BCUT2D eigenvalue weighted by Gasteiger charge is 1.99. The molecule has 0 aromatic heterocycles. The van der Waals surface area contributed by atoms with Crippen molar-refractivity contribution in [1.29, 1.82) is 0 Å². The van der Waals surface area contributed by atoms with E-state index in [1.54, 1.807) is 0 Å². The first-order chi connectivity index (χ1) is 9.81. The van der Waals surface area contributed by atoms with Gasteiger partial charge in [0.15, 0.2) is 0 Å². The molecular weight excluding hydrogens is 244 g/mol. The maximum absolute atomic E-state index is 6.02. The van der Waals surface area contributed by atoms with E-state index in [1.807, 2.05) is 5.01 Å². The maximum Gasteiger partial charge on any atom is 0.0128 e. The zero-order valence-corrected chi connectivity index (χ0v) is 14.3. The average Bonchev–Trinajstić information content (AvgIpc) is 2.45. The van der Waals surface area contributed by atoms with Gasteiger partial charge < -0.3 is 0 Å². The summed E-state index contributed by atoms with van der Waals surface area (Å²) in [6, 6.07) is 0. The minimum absolute atomic E-state index is 1.08. The summed E-state index contributed by atoms with van der Waals surface area (Å²) < 4.78 is 0. The zero-order valence-electron chi connectivity index (χ0n) is 14.3. The van der Waals surface area contributed by atoms with Crippen LogP contribution in [0.5, 0.6) is 0 Å². The van der Waals surface area contributed by atoms with E-state index < -0.39 is 0 Å². The number of hydrazine groups is 1. The van der Waals surface area contributed by atoms with Crippen LogP contribution in [-0.2, 0) is 0 Å². The van der Waals surface area contributed by atoms with Crippen molar-refractivity contribution in [2.75, 3.05) is 13.1 Å². The Hall–Kier alpha value is -0.0800. The molecule has 0 unspecified atom stereocenters. The van der Waals surface area contributed by atoms with Gasteiger partial charge in [0.05, 0.1) is 0 Å². The van der Waals surface area contributed by atoms with Gasteiger partial charge in [-0.15, -0.1) is 0 Å². The molecule has 0 saturated carbocycles. The first kappa shape index (κ1) is 19.9. The topological polar surface area (TPSA) is 29.3 Å². The van der Waals surface area contributed by atoms with Crippen LogP contribution in [0.4, 0.5) is 0 Å². The van der Waals surface area contributed by atoms with E-state index in [2.05, 4.69) is 13.8 Å². The van der Waals surface area contributed by atoms with Crippen molar-refractivity contribution in [3.8, 4) is 0 Å². The molecule has 0 saturated heterocycles. The standard InChI is InChI=1S/C18H40N2/c1-3-5-7-9-10-11-12-14-16-18-20(19)17-15-13-8-6-4-2/h3-19H2,1-2H3. The van der Waals surface area contributed by atoms with Gasteiger partial charge in [-0.1, -0.05) is 90.9 Å². The summed E-state index contributed by atoms with van der Waals surface area (Å²) in [5.74, 6) is 6.02. The molecule has 20 heavy (non-hydrogen) atoms. The highest BCUT2D eigenvalue weighted by molar-refractivity contribution is 4.52. The van der Waals surface area contributed by atoms with Crippen molar-refractivity contribution >= 4 is 0 Å². The molecule has 0 rings (SSSR count). The third-order valence-electron chi connectivity index (χ3n) is 4.10. The van der Waals surface area contributed by atoms with Crippen molar-refractivity contribution in [2.24, 2.45) is 5.84 Å². The number of nitrogens with two attached hydrogens (primary N) is 1. The van der Waals surface area contributed by atoms with Crippen LogP contribution in [0.15, 0.2) is 0 Å². The molecule has 2 heteroatoms. The summed E-state index contributed by atoms with van der Waals surface area (Å²) in [7, 11) is 0. The highest BCUT2D eigenvalue weighted by Crippen LogP contribution is 2.09. The normalized spacial score (nSPS) is 11.4. The lowest BCUT2D eigenvalue weighted by Gasteiger charge is -2.15. The fraction of sp³-hybridized carbons (Fsp3) is 1.00. The number of unbranched alkanes of at least 4 members (excludes halogenated alkanes) is 12. The third kappa shape index (κ3) is 16.0. The van der Waals surface area contributed by atoms with E-state index in [4.69, 9.17) is 5.84 Å². The summed E-state index contributed by atoms with van der Waals surface area (Å²) in [4.78, 5) is 0. The van der Waals surface area contributed by atoms with Gasteiger partial charge in [-0.3, -0.25) is 5.84 Å². The highest BCUT2D eigenvalue weighted by atomic mass is 15.4. The lowest BCUT2D eigenvalue weighted by atomic mass is 10.1. The summed E-state index contributed by atoms with van der Waals surface area (Å²) in [6.45, 7) is 6.71. The second-order valence-corrected chi connectivity index (χ2v) is 6.28. The van der Waals surface area contributed by atoms with Crippen LogP contribution in [0, 0.1) is 0 Å². The quantitative estimate of drug-likeness (QED) is 0.225.